The number of aromatic hydroxyl groups is 1. The van der Waals surface area contributed by atoms with E-state index in [0.717, 1.165) is 37.3 Å². The summed E-state index contributed by atoms with van der Waals surface area (Å²) in [7, 11) is 1.58. The van der Waals surface area contributed by atoms with Gasteiger partial charge in [-0.25, -0.2) is 0 Å². The minimum Gasteiger partial charge on any atom is -0.504 e. The number of ketones is 1. The molecule has 4 heterocycles. The number of phenolic OH excluding ortho intramolecular Hbond substituents is 1. The van der Waals surface area contributed by atoms with Gasteiger partial charge in [-0.3, -0.25) is 14.6 Å². The number of methoxy groups -OCH3 is 1. The Morgan fingerprint density at radius 1 is 1.00 bits per heavy atom. The summed E-state index contributed by atoms with van der Waals surface area (Å²) in [5.41, 5.74) is 1.35. The van der Waals surface area contributed by atoms with Crippen LogP contribution in [-0.2, 0) is 10.2 Å². The van der Waals surface area contributed by atoms with Crippen LogP contribution in [0.3, 0.4) is 0 Å². The molecule has 3 N–H and O–H groups in total. The monoisotopic (exact) mass is 366 g/mol. The molecule has 6 rings (SSSR count). The van der Waals surface area contributed by atoms with Crippen molar-refractivity contribution in [2.45, 2.75) is 18.5 Å². The lowest BCUT2D eigenvalue weighted by atomic mass is 9.58. The first-order valence-corrected chi connectivity index (χ1v) is 9.64. The van der Waals surface area contributed by atoms with Gasteiger partial charge in [0.15, 0.2) is 22.7 Å². The van der Waals surface area contributed by atoms with E-state index in [-0.39, 0.29) is 17.3 Å². The minimum atomic E-state index is -0.415. The van der Waals surface area contributed by atoms with Crippen molar-refractivity contribution < 1.29 is 24.4 Å². The highest BCUT2D eigenvalue weighted by Gasteiger charge is 2.70. The number of carbonyl (C=O) groups excluding carboxylic acids is 1. The zero-order valence-corrected chi connectivity index (χ0v) is 15.8. The molecular weight excluding hydrogens is 340 g/mol. The van der Waals surface area contributed by atoms with Crippen molar-refractivity contribution in [1.29, 1.82) is 0 Å². The SMILES string of the molecule is COc1cccc(C2[NH+]3CC4(C)C[NH+]2CC(c2ccccc2)(C3)C4=O)c1O. The largest absolute Gasteiger partial charge is 0.504 e. The highest BCUT2D eigenvalue weighted by molar-refractivity contribution is 5.96. The standard InChI is InChI=1S/C22H24N2O3/c1-21-11-23-13-22(20(21)26,15-7-4-3-5-8-15)14-24(12-21)19(23)16-9-6-10-17(27-2)18(16)25/h3-10,19,25H,11-14H2,1-2H3/p+2. The van der Waals surface area contributed by atoms with E-state index in [0.29, 0.717) is 11.5 Å². The molecule has 2 atom stereocenters. The molecule has 0 aromatic heterocycles. The van der Waals surface area contributed by atoms with Gasteiger partial charge in [0.25, 0.3) is 0 Å². The summed E-state index contributed by atoms with van der Waals surface area (Å²) in [6.45, 7) is 5.36. The lowest BCUT2D eigenvalue weighted by Gasteiger charge is -2.59. The molecule has 2 aromatic rings. The normalized spacial score (nSPS) is 36.8. The second-order valence-corrected chi connectivity index (χ2v) is 8.69. The van der Waals surface area contributed by atoms with Gasteiger partial charge in [-0.15, -0.1) is 0 Å². The van der Waals surface area contributed by atoms with Crippen LogP contribution in [0.2, 0.25) is 0 Å². The van der Waals surface area contributed by atoms with Crippen molar-refractivity contribution in [3.05, 3.63) is 59.7 Å². The molecule has 140 valence electrons. The third-order valence-electron chi connectivity index (χ3n) is 6.98. The minimum absolute atomic E-state index is 0.137. The Labute approximate surface area is 159 Å². The van der Waals surface area contributed by atoms with Crippen LogP contribution < -0.4 is 14.5 Å². The fourth-order valence-corrected chi connectivity index (χ4v) is 6.09. The number of phenols is 1. The van der Waals surface area contributed by atoms with Gasteiger partial charge < -0.3 is 9.84 Å². The molecule has 2 aromatic carbocycles. The van der Waals surface area contributed by atoms with Crippen LogP contribution in [0.4, 0.5) is 0 Å². The van der Waals surface area contributed by atoms with E-state index in [9.17, 15) is 9.90 Å². The van der Waals surface area contributed by atoms with E-state index < -0.39 is 5.41 Å². The first-order valence-electron chi connectivity index (χ1n) is 9.64. The summed E-state index contributed by atoms with van der Waals surface area (Å²) in [6.07, 6.45) is 0.137. The highest BCUT2D eigenvalue weighted by Crippen LogP contribution is 2.40. The van der Waals surface area contributed by atoms with Crippen LogP contribution in [0.25, 0.3) is 0 Å². The van der Waals surface area contributed by atoms with Gasteiger partial charge in [0, 0.05) is 0 Å². The summed E-state index contributed by atoms with van der Waals surface area (Å²) < 4.78 is 5.33. The maximum atomic E-state index is 13.5. The van der Waals surface area contributed by atoms with Gasteiger partial charge in [0.05, 0.1) is 7.11 Å². The van der Waals surface area contributed by atoms with Gasteiger partial charge in [0.2, 0.25) is 6.17 Å². The summed E-state index contributed by atoms with van der Waals surface area (Å²) in [4.78, 5) is 16.3. The third-order valence-corrected chi connectivity index (χ3v) is 6.98. The molecule has 27 heavy (non-hydrogen) atoms. The number of para-hydroxylation sites is 1. The number of piperidine rings is 2. The van der Waals surface area contributed by atoms with Crippen molar-refractivity contribution in [1.82, 2.24) is 0 Å². The number of Topliss-reactive ketones (excluding diaryl/α,β-unsaturated/α-hetero) is 1. The number of hydrogen-bond acceptors (Lipinski definition) is 3. The zero-order chi connectivity index (χ0) is 18.8. The topological polar surface area (TPSA) is 55.4 Å². The molecule has 5 nitrogen and oxygen atoms in total. The summed E-state index contributed by atoms with van der Waals surface area (Å²) >= 11 is 0. The Hall–Kier alpha value is -2.37. The van der Waals surface area contributed by atoms with Crippen molar-refractivity contribution in [2.75, 3.05) is 33.3 Å². The third kappa shape index (κ3) is 2.15. The fraction of sp³-hybridized carbons (Fsp3) is 0.409. The Balaban J connectivity index is 1.61. The number of carbonyl (C=O) groups is 1. The molecule has 4 fully saturated rings. The molecule has 2 unspecified atom stereocenters. The van der Waals surface area contributed by atoms with Crippen LogP contribution in [0.5, 0.6) is 11.5 Å². The molecule has 4 bridgehead atoms. The Bertz CT molecular complexity index is 895. The van der Waals surface area contributed by atoms with E-state index in [2.05, 4.69) is 19.1 Å². The Morgan fingerprint density at radius 3 is 2.30 bits per heavy atom. The number of benzene rings is 2. The fourth-order valence-electron chi connectivity index (χ4n) is 6.09. The van der Waals surface area contributed by atoms with Crippen molar-refractivity contribution >= 4 is 5.78 Å². The number of ether oxygens (including phenoxy) is 1. The van der Waals surface area contributed by atoms with Gasteiger partial charge in [-0.2, -0.15) is 0 Å². The van der Waals surface area contributed by atoms with Gasteiger partial charge >= 0.3 is 0 Å². The molecule has 0 aliphatic carbocycles. The van der Waals surface area contributed by atoms with Crippen molar-refractivity contribution in [2.24, 2.45) is 5.41 Å². The Morgan fingerprint density at radius 2 is 1.67 bits per heavy atom. The Kier molecular flexibility index (Phi) is 3.46. The maximum Gasteiger partial charge on any atom is 0.244 e. The van der Waals surface area contributed by atoms with Crippen LogP contribution in [0.1, 0.15) is 24.2 Å². The molecule has 4 saturated heterocycles. The van der Waals surface area contributed by atoms with E-state index in [1.165, 1.54) is 9.80 Å². The molecule has 5 heteroatoms. The predicted octanol–water partition coefficient (Wildman–Crippen LogP) is -0.277. The van der Waals surface area contributed by atoms with Crippen molar-refractivity contribution in [3.63, 3.8) is 0 Å². The van der Waals surface area contributed by atoms with Crippen molar-refractivity contribution in [3.8, 4) is 11.5 Å². The number of hydrogen-bond donors (Lipinski definition) is 3. The van der Waals surface area contributed by atoms with Crippen LogP contribution in [0, 0.1) is 5.41 Å². The lowest BCUT2D eigenvalue weighted by molar-refractivity contribution is -1.18. The first kappa shape index (κ1) is 16.8. The summed E-state index contributed by atoms with van der Waals surface area (Å²) in [5.74, 6) is 1.16. The molecule has 0 saturated carbocycles. The second kappa shape index (κ2) is 5.57. The number of nitrogens with one attached hydrogen (secondary N) is 2. The number of quaternary nitrogens is 2. The van der Waals surface area contributed by atoms with E-state index in [1.54, 1.807) is 13.2 Å². The quantitative estimate of drug-likeness (QED) is 0.701. The van der Waals surface area contributed by atoms with E-state index in [4.69, 9.17) is 4.74 Å². The second-order valence-electron chi connectivity index (χ2n) is 8.69. The van der Waals surface area contributed by atoms with E-state index >= 15 is 0 Å². The molecule has 0 amide bonds. The molecule has 4 aliphatic heterocycles. The molecular formula is C22H26N2O3+2. The maximum absolute atomic E-state index is 13.5. The van der Waals surface area contributed by atoms with Crippen LogP contribution >= 0.6 is 0 Å². The van der Waals surface area contributed by atoms with Crippen LogP contribution in [0.15, 0.2) is 48.5 Å². The lowest BCUT2D eigenvalue weighted by Crippen LogP contribution is -3.41. The molecule has 4 aliphatic rings. The molecule has 0 spiro atoms. The van der Waals surface area contributed by atoms with Crippen LogP contribution in [-0.4, -0.2) is 44.2 Å². The summed E-state index contributed by atoms with van der Waals surface area (Å²) in [6, 6.07) is 16.0. The van der Waals surface area contributed by atoms with Gasteiger partial charge in [-0.1, -0.05) is 36.4 Å². The number of rotatable bonds is 3. The first-order chi connectivity index (χ1) is 13.0. The smallest absolute Gasteiger partial charge is 0.244 e. The average molecular weight is 366 g/mol. The predicted molar refractivity (Wildman–Crippen MR) is 100 cm³/mol. The molecule has 0 radical (unpaired) electrons. The zero-order valence-electron chi connectivity index (χ0n) is 15.8. The summed E-state index contributed by atoms with van der Waals surface area (Å²) in [5, 5.41) is 10.8. The average Bonchev–Trinajstić information content (AvgIpc) is 2.66. The highest BCUT2D eigenvalue weighted by atomic mass is 16.5. The van der Waals surface area contributed by atoms with Gasteiger partial charge in [0.1, 0.15) is 37.2 Å². The van der Waals surface area contributed by atoms with Gasteiger partial charge in [-0.05, 0) is 24.6 Å². The van der Waals surface area contributed by atoms with E-state index in [1.807, 2.05) is 30.3 Å².